The van der Waals surface area contributed by atoms with Crippen LogP contribution in [0, 0.1) is 0 Å². The standard InChI is InChI=1S/C25H28ClN7O2S/c1-2-3-8-22-28-23(26)21(14-35-25(34)20(27)15-36)33(22)13-16-9-11-17(12-10-16)18-6-4-5-7-19(18)24-29-31-32-30-24/h4-7,9-12,20,36H,2-3,8,13-15,27H2,1H3,(H,29,30,31,32)/t20-/m1/s1. The van der Waals surface area contributed by atoms with Crippen molar-refractivity contribution >= 4 is 30.2 Å². The molecule has 2 aromatic carbocycles. The zero-order chi connectivity index (χ0) is 25.5. The molecule has 4 rings (SSSR count). The Balaban J connectivity index is 1.59. The summed E-state index contributed by atoms with van der Waals surface area (Å²) in [6.45, 7) is 2.66. The number of nitrogens with zero attached hydrogens (tertiary/aromatic N) is 5. The number of aromatic nitrogens is 6. The normalized spacial score (nSPS) is 12.0. The van der Waals surface area contributed by atoms with E-state index in [0.717, 1.165) is 47.3 Å². The Kier molecular flexibility index (Phi) is 8.74. The topological polar surface area (TPSA) is 125 Å². The Labute approximate surface area is 219 Å². The molecule has 0 spiro atoms. The number of H-pyrrole nitrogens is 1. The van der Waals surface area contributed by atoms with Crippen LogP contribution in [0.15, 0.2) is 48.5 Å². The first-order chi connectivity index (χ1) is 17.5. The quantitative estimate of drug-likeness (QED) is 0.199. The largest absolute Gasteiger partial charge is 0.458 e. The fraction of sp³-hybridized carbons (Fsp3) is 0.320. The highest BCUT2D eigenvalue weighted by Crippen LogP contribution is 2.30. The number of esters is 1. The van der Waals surface area contributed by atoms with E-state index in [-0.39, 0.29) is 12.4 Å². The number of rotatable bonds is 11. The van der Waals surface area contributed by atoms with Crippen LogP contribution in [0.3, 0.4) is 0 Å². The van der Waals surface area contributed by atoms with Gasteiger partial charge < -0.3 is 15.0 Å². The molecule has 4 aromatic rings. The molecule has 11 heteroatoms. The fourth-order valence-corrected chi connectivity index (χ4v) is 4.26. The second kappa shape index (κ2) is 12.2. The number of hydrogen-bond donors (Lipinski definition) is 3. The molecular weight excluding hydrogens is 498 g/mol. The van der Waals surface area contributed by atoms with Gasteiger partial charge in [0.15, 0.2) is 5.15 Å². The highest BCUT2D eigenvalue weighted by Gasteiger charge is 2.20. The van der Waals surface area contributed by atoms with Crippen molar-refractivity contribution in [3.8, 4) is 22.5 Å². The predicted molar refractivity (Wildman–Crippen MR) is 142 cm³/mol. The molecule has 0 radical (unpaired) electrons. The Bertz CT molecular complexity index is 1290. The molecule has 0 saturated heterocycles. The number of ether oxygens (including phenoxy) is 1. The van der Waals surface area contributed by atoms with Crippen LogP contribution in [0.25, 0.3) is 22.5 Å². The summed E-state index contributed by atoms with van der Waals surface area (Å²) in [7, 11) is 0. The molecule has 1 atom stereocenters. The van der Waals surface area contributed by atoms with Crippen LogP contribution in [0.2, 0.25) is 5.15 Å². The molecule has 2 heterocycles. The minimum Gasteiger partial charge on any atom is -0.458 e. The van der Waals surface area contributed by atoms with Gasteiger partial charge in [0, 0.05) is 24.3 Å². The molecule has 0 amide bonds. The number of benzene rings is 2. The summed E-state index contributed by atoms with van der Waals surface area (Å²) in [6.07, 6.45) is 2.78. The number of aromatic amines is 1. The number of carbonyl (C=O) groups excluding carboxylic acids is 1. The first kappa shape index (κ1) is 25.9. The molecule has 0 fully saturated rings. The SMILES string of the molecule is CCCCc1nc(Cl)c(COC(=O)[C@H](N)CS)n1Cc1ccc(-c2ccccc2-c2nn[nH]n2)cc1. The van der Waals surface area contributed by atoms with Crippen LogP contribution in [0.1, 0.15) is 36.8 Å². The molecular formula is C25H28ClN7O2S. The molecule has 0 saturated carbocycles. The van der Waals surface area contributed by atoms with Crippen LogP contribution in [-0.2, 0) is 29.1 Å². The zero-order valence-electron chi connectivity index (χ0n) is 19.9. The van der Waals surface area contributed by atoms with Gasteiger partial charge in [0.2, 0.25) is 5.82 Å². The lowest BCUT2D eigenvalue weighted by atomic mass is 9.98. The molecule has 0 unspecified atom stereocenters. The second-order valence-electron chi connectivity index (χ2n) is 8.33. The summed E-state index contributed by atoms with van der Waals surface area (Å²) < 4.78 is 7.43. The molecule has 36 heavy (non-hydrogen) atoms. The molecule has 2 aromatic heterocycles. The molecule has 0 aliphatic rings. The van der Waals surface area contributed by atoms with Gasteiger partial charge in [-0.25, -0.2) is 4.98 Å². The van der Waals surface area contributed by atoms with Crippen molar-refractivity contribution in [2.24, 2.45) is 5.73 Å². The number of nitrogens with two attached hydrogens (primary N) is 1. The maximum Gasteiger partial charge on any atom is 0.324 e. The lowest BCUT2D eigenvalue weighted by Gasteiger charge is -2.14. The molecule has 188 valence electrons. The van der Waals surface area contributed by atoms with E-state index in [0.29, 0.717) is 23.2 Å². The number of nitrogens with one attached hydrogen (secondary N) is 1. The fourth-order valence-electron chi connectivity index (χ4n) is 3.85. The number of unbranched alkanes of at least 4 members (excludes halogenated alkanes) is 1. The van der Waals surface area contributed by atoms with Gasteiger partial charge in [-0.15, -0.1) is 10.2 Å². The number of tetrazole rings is 1. The van der Waals surface area contributed by atoms with E-state index >= 15 is 0 Å². The van der Waals surface area contributed by atoms with Gasteiger partial charge in [-0.3, -0.25) is 4.79 Å². The maximum absolute atomic E-state index is 12.1. The predicted octanol–water partition coefficient (Wildman–Crippen LogP) is 4.07. The van der Waals surface area contributed by atoms with Crippen LogP contribution < -0.4 is 5.73 Å². The first-order valence-electron chi connectivity index (χ1n) is 11.7. The summed E-state index contributed by atoms with van der Waals surface area (Å²) in [5.41, 5.74) is 10.4. The summed E-state index contributed by atoms with van der Waals surface area (Å²) in [4.78, 5) is 16.7. The summed E-state index contributed by atoms with van der Waals surface area (Å²) in [6, 6.07) is 15.4. The third-order valence-electron chi connectivity index (χ3n) is 5.83. The smallest absolute Gasteiger partial charge is 0.324 e. The van der Waals surface area contributed by atoms with E-state index in [1.807, 2.05) is 28.8 Å². The Morgan fingerprint density at radius 3 is 2.61 bits per heavy atom. The van der Waals surface area contributed by atoms with Crippen LogP contribution in [0.5, 0.6) is 0 Å². The number of thiol groups is 1. The number of imidazole rings is 1. The van der Waals surface area contributed by atoms with Gasteiger partial charge >= 0.3 is 5.97 Å². The minimum absolute atomic E-state index is 0.00553. The number of halogens is 1. The Hall–Kier alpha value is -3.21. The minimum atomic E-state index is -0.786. The van der Waals surface area contributed by atoms with E-state index in [9.17, 15) is 4.79 Å². The van der Waals surface area contributed by atoms with Crippen LogP contribution >= 0.6 is 24.2 Å². The average Bonchev–Trinajstić information content (AvgIpc) is 3.54. The molecule has 0 bridgehead atoms. The van der Waals surface area contributed by atoms with Crippen molar-refractivity contribution in [3.63, 3.8) is 0 Å². The van der Waals surface area contributed by atoms with Gasteiger partial charge in [-0.05, 0) is 28.3 Å². The highest BCUT2D eigenvalue weighted by molar-refractivity contribution is 7.80. The van der Waals surface area contributed by atoms with Crippen molar-refractivity contribution in [3.05, 3.63) is 70.8 Å². The van der Waals surface area contributed by atoms with Crippen molar-refractivity contribution < 1.29 is 9.53 Å². The number of carbonyl (C=O) groups is 1. The number of aryl methyl sites for hydroxylation is 1. The van der Waals surface area contributed by atoms with Gasteiger partial charge in [0.25, 0.3) is 0 Å². The van der Waals surface area contributed by atoms with Crippen molar-refractivity contribution in [1.29, 1.82) is 0 Å². The Morgan fingerprint density at radius 1 is 1.19 bits per heavy atom. The van der Waals surface area contributed by atoms with Crippen LogP contribution in [0.4, 0.5) is 0 Å². The third-order valence-corrected chi connectivity index (χ3v) is 6.52. The molecule has 3 N–H and O–H groups in total. The molecule has 0 aliphatic carbocycles. The summed E-state index contributed by atoms with van der Waals surface area (Å²) in [5, 5.41) is 14.8. The summed E-state index contributed by atoms with van der Waals surface area (Å²) >= 11 is 10.5. The molecule has 9 nitrogen and oxygen atoms in total. The zero-order valence-corrected chi connectivity index (χ0v) is 21.5. The monoisotopic (exact) mass is 525 g/mol. The van der Waals surface area contributed by atoms with Crippen molar-refractivity contribution in [1.82, 2.24) is 30.2 Å². The van der Waals surface area contributed by atoms with Crippen LogP contribution in [-0.4, -0.2) is 47.9 Å². The lowest BCUT2D eigenvalue weighted by molar-refractivity contribution is -0.146. The Morgan fingerprint density at radius 2 is 1.94 bits per heavy atom. The highest BCUT2D eigenvalue weighted by atomic mass is 35.5. The second-order valence-corrected chi connectivity index (χ2v) is 9.05. The van der Waals surface area contributed by atoms with Gasteiger partial charge in [-0.1, -0.05) is 73.5 Å². The van der Waals surface area contributed by atoms with E-state index in [4.69, 9.17) is 22.1 Å². The van der Waals surface area contributed by atoms with Gasteiger partial charge in [-0.2, -0.15) is 17.8 Å². The molecule has 0 aliphatic heterocycles. The van der Waals surface area contributed by atoms with Gasteiger partial charge in [0.05, 0.1) is 5.69 Å². The first-order valence-corrected chi connectivity index (χ1v) is 12.7. The van der Waals surface area contributed by atoms with E-state index in [1.54, 1.807) is 0 Å². The van der Waals surface area contributed by atoms with E-state index in [1.165, 1.54) is 0 Å². The maximum atomic E-state index is 12.1. The van der Waals surface area contributed by atoms with Crippen molar-refractivity contribution in [2.75, 3.05) is 5.75 Å². The third kappa shape index (κ3) is 5.95. The summed E-state index contributed by atoms with van der Waals surface area (Å²) in [5.74, 6) is 1.09. The van der Waals surface area contributed by atoms with Crippen molar-refractivity contribution in [2.45, 2.75) is 45.4 Å². The van der Waals surface area contributed by atoms with E-state index in [2.05, 4.69) is 69.4 Å². The van der Waals surface area contributed by atoms with Gasteiger partial charge in [0.1, 0.15) is 18.5 Å². The lowest BCUT2D eigenvalue weighted by Crippen LogP contribution is -2.34. The number of hydrogen-bond acceptors (Lipinski definition) is 8. The van der Waals surface area contributed by atoms with E-state index < -0.39 is 12.0 Å². The average molecular weight is 526 g/mol.